The monoisotopic (exact) mass is 259 g/mol. The van der Waals surface area contributed by atoms with Crippen LogP contribution in [0.1, 0.15) is 51.1 Å². The maximum Gasteiger partial charge on any atom is 0.230 e. The molecule has 0 amide bonds. The van der Waals surface area contributed by atoms with Crippen LogP contribution in [-0.2, 0) is 0 Å². The van der Waals surface area contributed by atoms with Crippen molar-refractivity contribution < 1.29 is 4.52 Å². The normalized spacial score (nSPS) is 11.1. The van der Waals surface area contributed by atoms with Crippen LogP contribution >= 0.6 is 0 Å². The highest BCUT2D eigenvalue weighted by atomic mass is 16.5. The van der Waals surface area contributed by atoms with Crippen molar-refractivity contribution in [2.75, 3.05) is 5.73 Å². The fraction of sp³-hybridized carbons (Fsp3) is 0.467. The molecule has 0 unspecified atom stereocenters. The SMILES string of the molecule is CCCC(CCC)c1noc(N)c1-c1ccncc1. The van der Waals surface area contributed by atoms with Crippen LogP contribution in [0.5, 0.6) is 0 Å². The molecule has 2 rings (SSSR count). The lowest BCUT2D eigenvalue weighted by atomic mass is 9.90. The van der Waals surface area contributed by atoms with Gasteiger partial charge in [0.15, 0.2) is 0 Å². The highest BCUT2D eigenvalue weighted by molar-refractivity contribution is 5.75. The lowest BCUT2D eigenvalue weighted by Crippen LogP contribution is -2.01. The summed E-state index contributed by atoms with van der Waals surface area (Å²) >= 11 is 0. The zero-order valence-electron chi connectivity index (χ0n) is 11.6. The molecule has 0 bridgehead atoms. The highest BCUT2D eigenvalue weighted by Crippen LogP contribution is 2.37. The lowest BCUT2D eigenvalue weighted by molar-refractivity contribution is 0.411. The molecular formula is C15H21N3O. The maximum atomic E-state index is 5.95. The van der Waals surface area contributed by atoms with Gasteiger partial charge in [0.25, 0.3) is 0 Å². The Hall–Kier alpha value is -1.84. The third-order valence-electron chi connectivity index (χ3n) is 3.37. The molecular weight excluding hydrogens is 238 g/mol. The molecule has 2 heterocycles. The van der Waals surface area contributed by atoms with Crippen LogP contribution in [0.25, 0.3) is 11.1 Å². The molecule has 0 aliphatic carbocycles. The van der Waals surface area contributed by atoms with Gasteiger partial charge in [-0.25, -0.2) is 0 Å². The number of nitrogen functional groups attached to an aromatic ring is 1. The molecule has 0 radical (unpaired) electrons. The van der Waals surface area contributed by atoms with Crippen molar-refractivity contribution >= 4 is 5.88 Å². The Kier molecular flexibility index (Phi) is 4.55. The van der Waals surface area contributed by atoms with Gasteiger partial charge >= 0.3 is 0 Å². The summed E-state index contributed by atoms with van der Waals surface area (Å²) in [5, 5.41) is 4.21. The number of nitrogens with two attached hydrogens (primary N) is 1. The van der Waals surface area contributed by atoms with Gasteiger partial charge in [-0.05, 0) is 30.5 Å². The zero-order valence-corrected chi connectivity index (χ0v) is 11.6. The summed E-state index contributed by atoms with van der Waals surface area (Å²) in [5.41, 5.74) is 8.91. The molecule has 2 aromatic heterocycles. The van der Waals surface area contributed by atoms with E-state index in [1.165, 1.54) is 0 Å². The van der Waals surface area contributed by atoms with E-state index in [0.29, 0.717) is 11.8 Å². The van der Waals surface area contributed by atoms with Crippen molar-refractivity contribution in [2.24, 2.45) is 0 Å². The van der Waals surface area contributed by atoms with E-state index >= 15 is 0 Å². The second-order valence-electron chi connectivity index (χ2n) is 4.82. The molecule has 0 aliphatic rings. The minimum absolute atomic E-state index is 0.401. The fourth-order valence-corrected chi connectivity index (χ4v) is 2.52. The standard InChI is InChI=1S/C15H21N3O/c1-3-5-12(6-4-2)14-13(15(16)19-18-14)11-7-9-17-10-8-11/h7-10,12H,3-6,16H2,1-2H3. The molecule has 0 atom stereocenters. The Morgan fingerprint density at radius 2 is 1.79 bits per heavy atom. The number of pyridine rings is 1. The molecule has 0 aromatic carbocycles. The predicted octanol–water partition coefficient (Wildman–Crippen LogP) is 4.00. The summed E-state index contributed by atoms with van der Waals surface area (Å²) < 4.78 is 5.23. The molecule has 0 saturated heterocycles. The molecule has 2 aromatic rings. The average Bonchev–Trinajstić information content (AvgIpc) is 2.81. The van der Waals surface area contributed by atoms with Crippen molar-refractivity contribution in [3.8, 4) is 11.1 Å². The van der Waals surface area contributed by atoms with Gasteiger partial charge in [0.1, 0.15) is 0 Å². The van der Waals surface area contributed by atoms with E-state index in [2.05, 4.69) is 24.0 Å². The summed E-state index contributed by atoms with van der Waals surface area (Å²) in [4.78, 5) is 4.04. The van der Waals surface area contributed by atoms with Crippen LogP contribution < -0.4 is 5.73 Å². The Morgan fingerprint density at radius 3 is 2.37 bits per heavy atom. The first kappa shape index (κ1) is 13.6. The van der Waals surface area contributed by atoms with Crippen molar-refractivity contribution in [3.05, 3.63) is 30.2 Å². The highest BCUT2D eigenvalue weighted by Gasteiger charge is 2.22. The molecule has 4 nitrogen and oxygen atoms in total. The van der Waals surface area contributed by atoms with Crippen molar-refractivity contribution in [2.45, 2.75) is 45.4 Å². The molecule has 19 heavy (non-hydrogen) atoms. The Morgan fingerprint density at radius 1 is 1.16 bits per heavy atom. The number of anilines is 1. The topological polar surface area (TPSA) is 64.9 Å². The van der Waals surface area contributed by atoms with Crippen LogP contribution in [0.15, 0.2) is 29.0 Å². The Balaban J connectivity index is 2.41. The van der Waals surface area contributed by atoms with E-state index < -0.39 is 0 Å². The number of hydrogen-bond acceptors (Lipinski definition) is 4. The van der Waals surface area contributed by atoms with Gasteiger partial charge < -0.3 is 10.3 Å². The molecule has 0 aliphatic heterocycles. The third kappa shape index (κ3) is 2.95. The molecule has 2 N–H and O–H groups in total. The first-order valence-corrected chi connectivity index (χ1v) is 6.93. The van der Waals surface area contributed by atoms with E-state index in [9.17, 15) is 0 Å². The van der Waals surface area contributed by atoms with Crippen molar-refractivity contribution in [3.63, 3.8) is 0 Å². The van der Waals surface area contributed by atoms with Crippen molar-refractivity contribution in [1.82, 2.24) is 10.1 Å². The maximum absolute atomic E-state index is 5.95. The van der Waals surface area contributed by atoms with Gasteiger partial charge in [-0.1, -0.05) is 31.8 Å². The summed E-state index contributed by atoms with van der Waals surface area (Å²) in [6.07, 6.45) is 8.01. The van der Waals surface area contributed by atoms with Crippen molar-refractivity contribution in [1.29, 1.82) is 0 Å². The first-order valence-electron chi connectivity index (χ1n) is 6.93. The smallest absolute Gasteiger partial charge is 0.230 e. The second kappa shape index (κ2) is 6.36. The Labute approximate surface area is 114 Å². The van der Waals surface area contributed by atoms with Crippen LogP contribution in [0.2, 0.25) is 0 Å². The summed E-state index contributed by atoms with van der Waals surface area (Å²) in [5.74, 6) is 0.817. The van der Waals surface area contributed by atoms with Gasteiger partial charge in [0.2, 0.25) is 5.88 Å². The second-order valence-corrected chi connectivity index (χ2v) is 4.82. The molecule has 0 saturated carbocycles. The van der Waals surface area contributed by atoms with Crippen LogP contribution in [0.4, 0.5) is 5.88 Å². The van der Waals surface area contributed by atoms with Gasteiger partial charge in [-0.2, -0.15) is 0 Å². The molecule has 0 fully saturated rings. The van der Waals surface area contributed by atoms with Gasteiger partial charge in [-0.3, -0.25) is 4.98 Å². The van der Waals surface area contributed by atoms with E-state index in [1.54, 1.807) is 12.4 Å². The number of nitrogens with zero attached hydrogens (tertiary/aromatic N) is 2. The van der Waals surface area contributed by atoms with Gasteiger partial charge in [0.05, 0.1) is 11.3 Å². The third-order valence-corrected chi connectivity index (χ3v) is 3.37. The molecule has 4 heteroatoms. The molecule has 102 valence electrons. The van der Waals surface area contributed by atoms with E-state index in [-0.39, 0.29) is 0 Å². The average molecular weight is 259 g/mol. The lowest BCUT2D eigenvalue weighted by Gasteiger charge is -2.14. The van der Waals surface area contributed by atoms with E-state index in [4.69, 9.17) is 10.3 Å². The quantitative estimate of drug-likeness (QED) is 0.851. The van der Waals surface area contributed by atoms with E-state index in [1.807, 2.05) is 12.1 Å². The minimum atomic E-state index is 0.401. The molecule has 0 spiro atoms. The van der Waals surface area contributed by atoms with Gasteiger partial charge in [0, 0.05) is 18.3 Å². The minimum Gasteiger partial charge on any atom is -0.367 e. The summed E-state index contributed by atoms with van der Waals surface area (Å²) in [6.45, 7) is 4.39. The number of hydrogen-bond donors (Lipinski definition) is 1. The van der Waals surface area contributed by atoms with Crippen LogP contribution in [0.3, 0.4) is 0 Å². The largest absolute Gasteiger partial charge is 0.367 e. The Bertz CT molecular complexity index is 501. The fourth-order valence-electron chi connectivity index (χ4n) is 2.52. The first-order chi connectivity index (χ1) is 9.27. The van der Waals surface area contributed by atoms with Crippen LogP contribution in [-0.4, -0.2) is 10.1 Å². The van der Waals surface area contributed by atoms with E-state index in [0.717, 1.165) is 42.5 Å². The number of rotatable bonds is 6. The summed E-state index contributed by atoms with van der Waals surface area (Å²) in [6, 6.07) is 3.89. The zero-order chi connectivity index (χ0) is 13.7. The summed E-state index contributed by atoms with van der Waals surface area (Å²) in [7, 11) is 0. The van der Waals surface area contributed by atoms with Gasteiger partial charge in [-0.15, -0.1) is 0 Å². The van der Waals surface area contributed by atoms with Crippen LogP contribution in [0, 0.1) is 0 Å². The predicted molar refractivity (Wildman–Crippen MR) is 76.7 cm³/mol. The number of aromatic nitrogens is 2.